The standard InChI is InChI=1S/C15H24N2O/c1-5-10-17(14(18)15(2,3)4)13-8-6-12(11-16)7-9-13/h6-9H,5,10-11,16H2,1-4H3. The van der Waals surface area contributed by atoms with E-state index >= 15 is 0 Å². The number of hydrogen-bond donors (Lipinski definition) is 1. The van der Waals surface area contributed by atoms with Crippen LogP contribution in [0.2, 0.25) is 0 Å². The zero-order valence-electron chi connectivity index (χ0n) is 11.9. The SMILES string of the molecule is CCCN(C(=O)C(C)(C)C)c1ccc(CN)cc1. The first kappa shape index (κ1) is 14.7. The third-order valence-electron chi connectivity index (χ3n) is 2.82. The molecule has 0 unspecified atom stereocenters. The van der Waals surface area contributed by atoms with Crippen LogP contribution in [0.1, 0.15) is 39.7 Å². The Morgan fingerprint density at radius 1 is 1.22 bits per heavy atom. The number of hydrogen-bond acceptors (Lipinski definition) is 2. The van der Waals surface area contributed by atoms with Gasteiger partial charge in [0.15, 0.2) is 0 Å². The number of amides is 1. The van der Waals surface area contributed by atoms with Crippen molar-refractivity contribution >= 4 is 11.6 Å². The summed E-state index contributed by atoms with van der Waals surface area (Å²) >= 11 is 0. The number of benzene rings is 1. The lowest BCUT2D eigenvalue weighted by Gasteiger charge is -2.29. The molecule has 0 aliphatic carbocycles. The fraction of sp³-hybridized carbons (Fsp3) is 0.533. The second-order valence-electron chi connectivity index (χ2n) is 5.58. The molecule has 0 saturated carbocycles. The zero-order valence-corrected chi connectivity index (χ0v) is 11.9. The van der Waals surface area contributed by atoms with Crippen LogP contribution in [0.15, 0.2) is 24.3 Å². The Morgan fingerprint density at radius 2 is 1.78 bits per heavy atom. The van der Waals surface area contributed by atoms with Crippen molar-refractivity contribution in [1.29, 1.82) is 0 Å². The Bertz CT molecular complexity index is 390. The van der Waals surface area contributed by atoms with E-state index in [0.717, 1.165) is 24.2 Å². The molecule has 0 heterocycles. The van der Waals surface area contributed by atoms with E-state index in [1.807, 2.05) is 49.9 Å². The highest BCUT2D eigenvalue weighted by Crippen LogP contribution is 2.23. The van der Waals surface area contributed by atoms with Gasteiger partial charge in [0.2, 0.25) is 5.91 Å². The molecular weight excluding hydrogens is 224 g/mol. The average molecular weight is 248 g/mol. The number of carbonyl (C=O) groups is 1. The number of nitrogens with two attached hydrogens (primary N) is 1. The van der Waals surface area contributed by atoms with Crippen LogP contribution in [-0.4, -0.2) is 12.5 Å². The molecule has 1 aromatic carbocycles. The van der Waals surface area contributed by atoms with Crippen LogP contribution in [0.4, 0.5) is 5.69 Å². The Morgan fingerprint density at radius 3 is 2.17 bits per heavy atom. The van der Waals surface area contributed by atoms with Gasteiger partial charge in [0.1, 0.15) is 0 Å². The summed E-state index contributed by atoms with van der Waals surface area (Å²) in [7, 11) is 0. The highest BCUT2D eigenvalue weighted by Gasteiger charge is 2.27. The van der Waals surface area contributed by atoms with Crippen molar-refractivity contribution < 1.29 is 4.79 Å². The lowest BCUT2D eigenvalue weighted by molar-refractivity contribution is -0.125. The van der Waals surface area contributed by atoms with E-state index < -0.39 is 0 Å². The smallest absolute Gasteiger partial charge is 0.232 e. The van der Waals surface area contributed by atoms with Gasteiger partial charge in [0.05, 0.1) is 0 Å². The van der Waals surface area contributed by atoms with E-state index in [2.05, 4.69) is 6.92 Å². The van der Waals surface area contributed by atoms with Crippen molar-refractivity contribution in [3.05, 3.63) is 29.8 Å². The van der Waals surface area contributed by atoms with Crippen LogP contribution in [0.5, 0.6) is 0 Å². The van der Waals surface area contributed by atoms with Crippen LogP contribution in [0, 0.1) is 5.41 Å². The molecule has 3 heteroatoms. The average Bonchev–Trinajstić information content (AvgIpc) is 2.34. The lowest BCUT2D eigenvalue weighted by atomic mass is 9.94. The number of anilines is 1. The minimum Gasteiger partial charge on any atom is -0.326 e. The van der Waals surface area contributed by atoms with Crippen molar-refractivity contribution in [2.75, 3.05) is 11.4 Å². The van der Waals surface area contributed by atoms with Gasteiger partial charge in [0, 0.05) is 24.2 Å². The Labute approximate surface area is 110 Å². The summed E-state index contributed by atoms with van der Waals surface area (Å²) in [5.41, 5.74) is 7.26. The predicted molar refractivity (Wildman–Crippen MR) is 76.4 cm³/mol. The Kier molecular flexibility index (Phi) is 4.91. The van der Waals surface area contributed by atoms with Crippen molar-refractivity contribution in [2.24, 2.45) is 11.1 Å². The van der Waals surface area contributed by atoms with Gasteiger partial charge in [-0.25, -0.2) is 0 Å². The summed E-state index contributed by atoms with van der Waals surface area (Å²) in [6.45, 7) is 9.21. The van der Waals surface area contributed by atoms with Crippen molar-refractivity contribution in [2.45, 2.75) is 40.7 Å². The minimum absolute atomic E-state index is 0.157. The third-order valence-corrected chi connectivity index (χ3v) is 2.82. The maximum Gasteiger partial charge on any atom is 0.232 e. The first-order valence-electron chi connectivity index (χ1n) is 6.51. The molecule has 0 fully saturated rings. The number of rotatable bonds is 4. The second kappa shape index (κ2) is 6.01. The quantitative estimate of drug-likeness (QED) is 0.890. The zero-order chi connectivity index (χ0) is 13.8. The van der Waals surface area contributed by atoms with Crippen molar-refractivity contribution in [1.82, 2.24) is 0 Å². The van der Waals surface area contributed by atoms with Gasteiger partial charge >= 0.3 is 0 Å². The van der Waals surface area contributed by atoms with Gasteiger partial charge in [-0.15, -0.1) is 0 Å². The summed E-state index contributed by atoms with van der Waals surface area (Å²) in [6.07, 6.45) is 0.945. The molecule has 0 atom stereocenters. The van der Waals surface area contributed by atoms with E-state index in [4.69, 9.17) is 5.73 Å². The molecule has 1 amide bonds. The fourth-order valence-corrected chi connectivity index (χ4v) is 1.79. The number of nitrogens with zero attached hydrogens (tertiary/aromatic N) is 1. The normalized spacial score (nSPS) is 11.4. The summed E-state index contributed by atoms with van der Waals surface area (Å²) < 4.78 is 0. The molecular formula is C15H24N2O. The molecule has 0 aromatic heterocycles. The fourth-order valence-electron chi connectivity index (χ4n) is 1.79. The van der Waals surface area contributed by atoms with Gasteiger partial charge in [-0.1, -0.05) is 39.8 Å². The topological polar surface area (TPSA) is 46.3 Å². The maximum absolute atomic E-state index is 12.4. The first-order chi connectivity index (χ1) is 8.40. The van der Waals surface area contributed by atoms with Crippen LogP contribution in [0.3, 0.4) is 0 Å². The molecule has 2 N–H and O–H groups in total. The molecule has 1 aromatic rings. The summed E-state index contributed by atoms with van der Waals surface area (Å²) in [5.74, 6) is 0.157. The number of carbonyl (C=O) groups excluding carboxylic acids is 1. The highest BCUT2D eigenvalue weighted by atomic mass is 16.2. The molecule has 0 bridgehead atoms. The second-order valence-corrected chi connectivity index (χ2v) is 5.58. The highest BCUT2D eigenvalue weighted by molar-refractivity contribution is 5.96. The lowest BCUT2D eigenvalue weighted by Crippen LogP contribution is -2.40. The van der Waals surface area contributed by atoms with E-state index in [-0.39, 0.29) is 11.3 Å². The molecule has 18 heavy (non-hydrogen) atoms. The van der Waals surface area contributed by atoms with Gasteiger partial charge in [-0.2, -0.15) is 0 Å². The van der Waals surface area contributed by atoms with Gasteiger partial charge in [-0.3, -0.25) is 4.79 Å². The largest absolute Gasteiger partial charge is 0.326 e. The van der Waals surface area contributed by atoms with Crippen molar-refractivity contribution in [3.8, 4) is 0 Å². The maximum atomic E-state index is 12.4. The van der Waals surface area contributed by atoms with Crippen LogP contribution < -0.4 is 10.6 Å². The first-order valence-corrected chi connectivity index (χ1v) is 6.51. The van der Waals surface area contributed by atoms with E-state index in [1.54, 1.807) is 0 Å². The van der Waals surface area contributed by atoms with Crippen LogP contribution >= 0.6 is 0 Å². The third kappa shape index (κ3) is 3.57. The van der Waals surface area contributed by atoms with E-state index in [0.29, 0.717) is 6.54 Å². The van der Waals surface area contributed by atoms with Gasteiger partial charge in [-0.05, 0) is 24.1 Å². The van der Waals surface area contributed by atoms with Gasteiger partial charge in [0.25, 0.3) is 0 Å². The minimum atomic E-state index is -0.359. The molecule has 0 radical (unpaired) electrons. The Balaban J connectivity index is 3.00. The predicted octanol–water partition coefficient (Wildman–Crippen LogP) is 2.93. The molecule has 0 saturated heterocycles. The molecule has 0 aliphatic heterocycles. The summed E-state index contributed by atoms with van der Waals surface area (Å²) in [4.78, 5) is 14.3. The van der Waals surface area contributed by atoms with Crippen LogP contribution in [0.25, 0.3) is 0 Å². The molecule has 3 nitrogen and oxygen atoms in total. The summed E-state index contributed by atoms with van der Waals surface area (Å²) in [5, 5.41) is 0. The van der Waals surface area contributed by atoms with Crippen molar-refractivity contribution in [3.63, 3.8) is 0 Å². The Hall–Kier alpha value is -1.35. The van der Waals surface area contributed by atoms with E-state index in [9.17, 15) is 4.79 Å². The molecule has 1 rings (SSSR count). The molecule has 0 aliphatic rings. The molecule has 0 spiro atoms. The monoisotopic (exact) mass is 248 g/mol. The van der Waals surface area contributed by atoms with Crippen LogP contribution in [-0.2, 0) is 11.3 Å². The molecule has 100 valence electrons. The van der Waals surface area contributed by atoms with Gasteiger partial charge < -0.3 is 10.6 Å². The van der Waals surface area contributed by atoms with E-state index in [1.165, 1.54) is 0 Å². The summed E-state index contributed by atoms with van der Waals surface area (Å²) in [6, 6.07) is 7.91.